The second-order valence-electron chi connectivity index (χ2n) is 10.7. The fourth-order valence-electron chi connectivity index (χ4n) is 4.43. The zero-order valence-corrected chi connectivity index (χ0v) is 25.7. The van der Waals surface area contributed by atoms with Crippen molar-refractivity contribution in [3.63, 3.8) is 0 Å². The Hall–Kier alpha value is -3.11. The number of hydrogen-bond acceptors (Lipinski definition) is 8. The molecule has 43 heavy (non-hydrogen) atoms. The van der Waals surface area contributed by atoms with Crippen molar-refractivity contribution in [2.75, 3.05) is 72.7 Å². The summed E-state index contributed by atoms with van der Waals surface area (Å²) in [7, 11) is 0. The molecular formula is C35H46O8. The third-order valence-corrected chi connectivity index (χ3v) is 6.22. The number of hydrogen-bond donors (Lipinski definition) is 0. The normalized spacial score (nSPS) is 11.9. The lowest BCUT2D eigenvalue weighted by molar-refractivity contribution is -0.160. The van der Waals surface area contributed by atoms with Gasteiger partial charge in [0, 0.05) is 0 Å². The van der Waals surface area contributed by atoms with Gasteiger partial charge in [-0.2, -0.15) is 0 Å². The van der Waals surface area contributed by atoms with Gasteiger partial charge in [-0.1, -0.05) is 91.0 Å². The molecule has 3 aromatic carbocycles. The van der Waals surface area contributed by atoms with E-state index in [2.05, 4.69) is 36.4 Å². The maximum atomic E-state index is 11.6. The van der Waals surface area contributed by atoms with Gasteiger partial charge in [0.1, 0.15) is 17.8 Å². The van der Waals surface area contributed by atoms with Crippen LogP contribution >= 0.6 is 0 Å². The van der Waals surface area contributed by atoms with Gasteiger partial charge in [-0.15, -0.1) is 0 Å². The van der Waals surface area contributed by atoms with Gasteiger partial charge in [0.25, 0.3) is 0 Å². The molecule has 0 N–H and O–H groups in total. The van der Waals surface area contributed by atoms with Crippen LogP contribution in [0.15, 0.2) is 91.0 Å². The number of rotatable bonds is 21. The van der Waals surface area contributed by atoms with Gasteiger partial charge in [-0.3, -0.25) is 0 Å². The van der Waals surface area contributed by atoms with E-state index < -0.39 is 11.2 Å². The Morgan fingerprint density at radius 3 is 1.16 bits per heavy atom. The van der Waals surface area contributed by atoms with Crippen LogP contribution in [-0.2, 0) is 43.6 Å². The van der Waals surface area contributed by atoms with Crippen LogP contribution in [0.25, 0.3) is 0 Å². The molecule has 0 bridgehead atoms. The first-order valence-electron chi connectivity index (χ1n) is 14.8. The van der Waals surface area contributed by atoms with Gasteiger partial charge in [-0.25, -0.2) is 4.79 Å². The number of ether oxygens (including phenoxy) is 7. The zero-order chi connectivity index (χ0) is 30.6. The Balaban J connectivity index is 1.27. The number of esters is 1. The average Bonchev–Trinajstić information content (AvgIpc) is 3.01. The van der Waals surface area contributed by atoms with Crippen LogP contribution in [-0.4, -0.2) is 84.2 Å². The van der Waals surface area contributed by atoms with Crippen LogP contribution in [0.5, 0.6) is 0 Å². The first kappa shape index (κ1) is 34.4. The Bertz CT molecular complexity index is 1040. The van der Waals surface area contributed by atoms with Crippen LogP contribution in [0.1, 0.15) is 37.5 Å². The summed E-state index contributed by atoms with van der Waals surface area (Å²) in [6.07, 6.45) is 0. The van der Waals surface area contributed by atoms with Crippen molar-refractivity contribution in [1.82, 2.24) is 0 Å². The van der Waals surface area contributed by atoms with Crippen molar-refractivity contribution in [2.24, 2.45) is 0 Å². The highest BCUT2D eigenvalue weighted by molar-refractivity contribution is 5.71. The van der Waals surface area contributed by atoms with Crippen LogP contribution in [0.4, 0.5) is 0 Å². The number of carbonyl (C=O) groups excluding carboxylic acids is 1. The predicted octanol–water partition coefficient (Wildman–Crippen LogP) is 5.42. The van der Waals surface area contributed by atoms with Gasteiger partial charge < -0.3 is 33.2 Å². The van der Waals surface area contributed by atoms with E-state index >= 15 is 0 Å². The molecule has 234 valence electrons. The highest BCUT2D eigenvalue weighted by Gasteiger charge is 2.37. The summed E-state index contributed by atoms with van der Waals surface area (Å²) in [5, 5.41) is 0. The molecule has 0 saturated heterocycles. The molecule has 0 aliphatic heterocycles. The van der Waals surface area contributed by atoms with E-state index in [4.69, 9.17) is 33.2 Å². The Morgan fingerprint density at radius 1 is 0.488 bits per heavy atom. The van der Waals surface area contributed by atoms with E-state index in [0.29, 0.717) is 66.1 Å². The lowest BCUT2D eigenvalue weighted by Crippen LogP contribution is -2.34. The lowest BCUT2D eigenvalue weighted by atomic mass is 9.80. The highest BCUT2D eigenvalue weighted by atomic mass is 16.6. The van der Waals surface area contributed by atoms with E-state index in [1.807, 2.05) is 75.4 Å². The molecular weight excluding hydrogens is 548 g/mol. The molecule has 3 aromatic rings. The third-order valence-electron chi connectivity index (χ3n) is 6.22. The minimum absolute atomic E-state index is 0.0823. The summed E-state index contributed by atoms with van der Waals surface area (Å²) in [5.74, 6) is -0.384. The van der Waals surface area contributed by atoms with Crippen LogP contribution in [0.2, 0.25) is 0 Å². The van der Waals surface area contributed by atoms with Crippen molar-refractivity contribution >= 4 is 5.97 Å². The van der Waals surface area contributed by atoms with E-state index in [1.54, 1.807) is 0 Å². The molecule has 0 aliphatic rings. The summed E-state index contributed by atoms with van der Waals surface area (Å²) < 4.78 is 39.5. The molecule has 0 aliphatic carbocycles. The second kappa shape index (κ2) is 19.2. The quantitative estimate of drug-likeness (QED) is 0.0919. The standard InChI is InChI=1S/C35H46O8/c1-34(2,3)43-33(36)29-41-26-25-39-22-21-37-19-20-38-23-24-40-27-28-42-35(30-13-7-4-8-14-30,31-15-9-5-10-16-31)32-17-11-6-12-18-32/h4-18H,19-29H2,1-3H3. The molecule has 0 aromatic heterocycles. The largest absolute Gasteiger partial charge is 0.458 e. The predicted molar refractivity (Wildman–Crippen MR) is 165 cm³/mol. The summed E-state index contributed by atoms with van der Waals surface area (Å²) in [6.45, 7) is 9.69. The molecule has 0 spiro atoms. The van der Waals surface area contributed by atoms with Gasteiger partial charge in [0.15, 0.2) is 0 Å². The maximum absolute atomic E-state index is 11.6. The minimum atomic E-state index is -0.752. The van der Waals surface area contributed by atoms with Crippen molar-refractivity contribution in [3.05, 3.63) is 108 Å². The third kappa shape index (κ3) is 12.6. The molecule has 8 heteroatoms. The smallest absolute Gasteiger partial charge is 0.332 e. The Labute approximate surface area is 256 Å². The van der Waals surface area contributed by atoms with E-state index in [0.717, 1.165) is 16.7 Å². The van der Waals surface area contributed by atoms with Gasteiger partial charge in [-0.05, 0) is 37.5 Å². The van der Waals surface area contributed by atoms with Gasteiger partial charge in [0.05, 0.1) is 66.1 Å². The summed E-state index contributed by atoms with van der Waals surface area (Å²) in [5.41, 5.74) is 1.92. The van der Waals surface area contributed by atoms with Crippen molar-refractivity contribution < 1.29 is 38.0 Å². The Kier molecular flexibility index (Phi) is 15.4. The van der Waals surface area contributed by atoms with Crippen LogP contribution in [0, 0.1) is 0 Å². The minimum Gasteiger partial charge on any atom is -0.458 e. The Morgan fingerprint density at radius 2 is 0.814 bits per heavy atom. The van der Waals surface area contributed by atoms with Gasteiger partial charge in [0.2, 0.25) is 0 Å². The number of benzene rings is 3. The van der Waals surface area contributed by atoms with E-state index in [9.17, 15) is 4.79 Å². The van der Waals surface area contributed by atoms with Crippen molar-refractivity contribution in [3.8, 4) is 0 Å². The SMILES string of the molecule is CC(C)(C)OC(=O)COCCOCCOCCOCCOCCOC(c1ccccc1)(c1ccccc1)c1ccccc1. The summed E-state index contributed by atoms with van der Waals surface area (Å²) in [6, 6.07) is 30.9. The first-order valence-corrected chi connectivity index (χ1v) is 14.8. The molecule has 0 radical (unpaired) electrons. The van der Waals surface area contributed by atoms with Crippen molar-refractivity contribution in [1.29, 1.82) is 0 Å². The summed E-state index contributed by atoms with van der Waals surface area (Å²) >= 11 is 0. The molecule has 0 heterocycles. The maximum Gasteiger partial charge on any atom is 0.332 e. The van der Waals surface area contributed by atoms with Crippen LogP contribution < -0.4 is 0 Å². The number of carbonyl (C=O) groups is 1. The van der Waals surface area contributed by atoms with E-state index in [-0.39, 0.29) is 12.6 Å². The lowest BCUT2D eigenvalue weighted by Gasteiger charge is -2.36. The molecule has 8 nitrogen and oxygen atoms in total. The molecule has 0 fully saturated rings. The highest BCUT2D eigenvalue weighted by Crippen LogP contribution is 2.40. The molecule has 3 rings (SSSR count). The molecule has 0 atom stereocenters. The second-order valence-corrected chi connectivity index (χ2v) is 10.7. The molecule has 0 saturated carbocycles. The fourth-order valence-corrected chi connectivity index (χ4v) is 4.43. The van der Waals surface area contributed by atoms with Crippen LogP contribution in [0.3, 0.4) is 0 Å². The van der Waals surface area contributed by atoms with E-state index in [1.165, 1.54) is 0 Å². The zero-order valence-electron chi connectivity index (χ0n) is 25.7. The fraction of sp³-hybridized carbons (Fsp3) is 0.457. The summed E-state index contributed by atoms with van der Waals surface area (Å²) in [4.78, 5) is 11.6. The van der Waals surface area contributed by atoms with Crippen molar-refractivity contribution in [2.45, 2.75) is 32.0 Å². The first-order chi connectivity index (χ1) is 20.9. The molecule has 0 unspecified atom stereocenters. The topological polar surface area (TPSA) is 81.7 Å². The average molecular weight is 595 g/mol. The van der Waals surface area contributed by atoms with Gasteiger partial charge >= 0.3 is 5.97 Å². The monoisotopic (exact) mass is 594 g/mol. The molecule has 0 amide bonds.